The van der Waals surface area contributed by atoms with Gasteiger partial charge in [0.1, 0.15) is 0 Å². The smallest absolute Gasteiger partial charge is 0.319 e. The Kier molecular flexibility index (Phi) is 3.17. The highest BCUT2D eigenvalue weighted by atomic mass is 16.2. The number of rotatable bonds is 5. The molecule has 2 aliphatic carbocycles. The van der Waals surface area contributed by atoms with Crippen LogP contribution in [0.15, 0.2) is 0 Å². The molecule has 2 amide bonds. The van der Waals surface area contributed by atoms with Crippen molar-refractivity contribution in [2.75, 3.05) is 26.7 Å². The molecule has 0 aromatic heterocycles. The van der Waals surface area contributed by atoms with Crippen LogP contribution in [0.4, 0.5) is 4.79 Å². The number of carbonyl (C=O) groups excluding carboxylic acids is 1. The largest absolute Gasteiger partial charge is 0.328 e. The van der Waals surface area contributed by atoms with Gasteiger partial charge in [0, 0.05) is 26.7 Å². The number of nitrogens with zero attached hydrogens (tertiary/aromatic N) is 2. The fourth-order valence-corrected chi connectivity index (χ4v) is 1.83. The van der Waals surface area contributed by atoms with Crippen molar-refractivity contribution in [3.8, 4) is 0 Å². The van der Waals surface area contributed by atoms with E-state index in [1.165, 1.54) is 25.7 Å². The topological polar surface area (TPSA) is 23.6 Å². The van der Waals surface area contributed by atoms with Gasteiger partial charge in [-0.3, -0.25) is 0 Å². The Bertz CT molecular complexity index is 220. The quantitative estimate of drug-likeness (QED) is 0.682. The van der Waals surface area contributed by atoms with E-state index in [2.05, 4.69) is 4.90 Å². The van der Waals surface area contributed by atoms with Crippen LogP contribution in [0.2, 0.25) is 0 Å². The first-order chi connectivity index (χ1) is 7.20. The van der Waals surface area contributed by atoms with E-state index in [0.717, 1.165) is 31.5 Å². The van der Waals surface area contributed by atoms with Crippen LogP contribution in [0.25, 0.3) is 0 Å². The van der Waals surface area contributed by atoms with Crippen LogP contribution in [0.5, 0.6) is 0 Å². The highest BCUT2D eigenvalue weighted by molar-refractivity contribution is 5.74. The van der Waals surface area contributed by atoms with Crippen molar-refractivity contribution in [2.24, 2.45) is 11.8 Å². The Labute approximate surface area is 92.4 Å². The van der Waals surface area contributed by atoms with Crippen LogP contribution >= 0.6 is 0 Å². The average molecular weight is 210 g/mol. The molecule has 3 heteroatoms. The van der Waals surface area contributed by atoms with Gasteiger partial charge in [-0.1, -0.05) is 0 Å². The van der Waals surface area contributed by atoms with E-state index in [9.17, 15) is 4.79 Å². The summed E-state index contributed by atoms with van der Waals surface area (Å²) in [7, 11) is 1.90. The highest BCUT2D eigenvalue weighted by Crippen LogP contribution is 2.33. The summed E-state index contributed by atoms with van der Waals surface area (Å²) in [6.45, 7) is 4.84. The molecule has 2 fully saturated rings. The van der Waals surface area contributed by atoms with Crippen LogP contribution in [0.3, 0.4) is 0 Å². The molecule has 0 radical (unpaired) electrons. The molecule has 0 unspecified atom stereocenters. The first-order valence-electron chi connectivity index (χ1n) is 6.20. The van der Waals surface area contributed by atoms with Gasteiger partial charge in [-0.2, -0.15) is 0 Å². The maximum absolute atomic E-state index is 12.1. The van der Waals surface area contributed by atoms with Crippen molar-refractivity contribution in [2.45, 2.75) is 32.6 Å². The van der Waals surface area contributed by atoms with Crippen molar-refractivity contribution in [3.05, 3.63) is 0 Å². The summed E-state index contributed by atoms with van der Waals surface area (Å²) >= 11 is 0. The van der Waals surface area contributed by atoms with Crippen LogP contribution in [-0.2, 0) is 0 Å². The Hall–Kier alpha value is -0.730. The van der Waals surface area contributed by atoms with Crippen molar-refractivity contribution in [3.63, 3.8) is 0 Å². The second-order valence-corrected chi connectivity index (χ2v) is 5.09. The van der Waals surface area contributed by atoms with Crippen LogP contribution in [0.1, 0.15) is 32.6 Å². The zero-order chi connectivity index (χ0) is 10.8. The molecule has 0 aromatic carbocycles. The first kappa shape index (κ1) is 10.8. The summed E-state index contributed by atoms with van der Waals surface area (Å²) in [5.74, 6) is 1.61. The van der Waals surface area contributed by atoms with Gasteiger partial charge in [-0.15, -0.1) is 0 Å². The summed E-state index contributed by atoms with van der Waals surface area (Å²) in [5.41, 5.74) is 0. The molecule has 15 heavy (non-hydrogen) atoms. The fraction of sp³-hybridized carbons (Fsp3) is 0.917. The maximum Gasteiger partial charge on any atom is 0.319 e. The lowest BCUT2D eigenvalue weighted by Crippen LogP contribution is -2.43. The molecule has 2 saturated carbocycles. The van der Waals surface area contributed by atoms with E-state index in [4.69, 9.17) is 0 Å². The molecule has 3 nitrogen and oxygen atoms in total. The minimum Gasteiger partial charge on any atom is -0.328 e. The molecule has 2 aliphatic rings. The summed E-state index contributed by atoms with van der Waals surface area (Å²) in [4.78, 5) is 16.0. The Morgan fingerprint density at radius 2 is 1.60 bits per heavy atom. The van der Waals surface area contributed by atoms with Gasteiger partial charge >= 0.3 is 6.03 Å². The van der Waals surface area contributed by atoms with Gasteiger partial charge in [0.25, 0.3) is 0 Å². The lowest BCUT2D eigenvalue weighted by Gasteiger charge is -2.27. The lowest BCUT2D eigenvalue weighted by atomic mass is 10.3. The third-order valence-corrected chi connectivity index (χ3v) is 3.42. The zero-order valence-corrected chi connectivity index (χ0v) is 9.91. The van der Waals surface area contributed by atoms with E-state index in [1.807, 2.05) is 18.9 Å². The van der Waals surface area contributed by atoms with Crippen molar-refractivity contribution in [1.82, 2.24) is 9.80 Å². The second-order valence-electron chi connectivity index (χ2n) is 5.09. The summed E-state index contributed by atoms with van der Waals surface area (Å²) in [5, 5.41) is 0. The highest BCUT2D eigenvalue weighted by Gasteiger charge is 2.32. The number of hydrogen-bond acceptors (Lipinski definition) is 1. The minimum atomic E-state index is 0.233. The summed E-state index contributed by atoms with van der Waals surface area (Å²) in [6.07, 6.45) is 5.29. The number of urea groups is 1. The summed E-state index contributed by atoms with van der Waals surface area (Å²) < 4.78 is 0. The maximum atomic E-state index is 12.1. The molecular formula is C12H22N2O. The molecule has 0 heterocycles. The minimum absolute atomic E-state index is 0.233. The van der Waals surface area contributed by atoms with E-state index in [0.29, 0.717) is 0 Å². The van der Waals surface area contributed by atoms with Gasteiger partial charge in [-0.05, 0) is 44.4 Å². The Morgan fingerprint density at radius 1 is 1.13 bits per heavy atom. The molecule has 0 spiro atoms. The molecule has 0 saturated heterocycles. The van der Waals surface area contributed by atoms with E-state index < -0.39 is 0 Å². The lowest BCUT2D eigenvalue weighted by molar-refractivity contribution is 0.160. The van der Waals surface area contributed by atoms with E-state index in [1.54, 1.807) is 0 Å². The number of hydrogen-bond donors (Lipinski definition) is 0. The molecule has 0 N–H and O–H groups in total. The Balaban J connectivity index is 1.86. The van der Waals surface area contributed by atoms with Gasteiger partial charge in [0.2, 0.25) is 0 Å². The SMILES string of the molecule is CCN(C)C(=O)N(CC1CC1)CC1CC1. The van der Waals surface area contributed by atoms with E-state index in [-0.39, 0.29) is 6.03 Å². The van der Waals surface area contributed by atoms with Crippen molar-refractivity contribution < 1.29 is 4.79 Å². The van der Waals surface area contributed by atoms with Gasteiger partial charge in [0.15, 0.2) is 0 Å². The van der Waals surface area contributed by atoms with Gasteiger partial charge < -0.3 is 9.80 Å². The predicted octanol–water partition coefficient (Wildman–Crippen LogP) is 2.18. The van der Waals surface area contributed by atoms with Crippen LogP contribution in [0, 0.1) is 11.8 Å². The van der Waals surface area contributed by atoms with Crippen LogP contribution in [-0.4, -0.2) is 42.5 Å². The molecule has 0 atom stereocenters. The average Bonchev–Trinajstić information content (AvgIpc) is 3.08. The van der Waals surface area contributed by atoms with Crippen molar-refractivity contribution in [1.29, 1.82) is 0 Å². The number of amides is 2. The third kappa shape index (κ3) is 3.11. The molecule has 2 rings (SSSR count). The Morgan fingerprint density at radius 3 is 1.93 bits per heavy atom. The molecule has 0 aromatic rings. The normalized spacial score (nSPS) is 20.1. The molecular weight excluding hydrogens is 188 g/mol. The van der Waals surface area contributed by atoms with Crippen molar-refractivity contribution >= 4 is 6.03 Å². The number of carbonyl (C=O) groups is 1. The molecule has 0 bridgehead atoms. The predicted molar refractivity (Wildman–Crippen MR) is 60.7 cm³/mol. The first-order valence-corrected chi connectivity index (χ1v) is 6.20. The molecule has 86 valence electrons. The molecule has 0 aliphatic heterocycles. The van der Waals surface area contributed by atoms with E-state index >= 15 is 0 Å². The summed E-state index contributed by atoms with van der Waals surface area (Å²) in [6, 6.07) is 0.233. The zero-order valence-electron chi connectivity index (χ0n) is 9.91. The standard InChI is InChI=1S/C12H22N2O/c1-3-13(2)12(15)14(8-10-4-5-10)9-11-6-7-11/h10-11H,3-9H2,1-2H3. The van der Waals surface area contributed by atoms with Gasteiger partial charge in [0.05, 0.1) is 0 Å². The third-order valence-electron chi connectivity index (χ3n) is 3.42. The van der Waals surface area contributed by atoms with Gasteiger partial charge in [-0.25, -0.2) is 4.79 Å². The monoisotopic (exact) mass is 210 g/mol. The van der Waals surface area contributed by atoms with Crippen LogP contribution < -0.4 is 0 Å². The second kappa shape index (κ2) is 4.42. The fourth-order valence-electron chi connectivity index (χ4n) is 1.83.